The lowest BCUT2D eigenvalue weighted by atomic mass is 9.80. The van der Waals surface area contributed by atoms with Gasteiger partial charge < -0.3 is 20.1 Å². The van der Waals surface area contributed by atoms with E-state index in [1.54, 1.807) is 12.7 Å². The second-order valence-corrected chi connectivity index (χ2v) is 9.20. The number of piperidine rings is 1. The van der Waals surface area contributed by atoms with Gasteiger partial charge in [-0.3, -0.25) is 9.36 Å². The largest absolute Gasteiger partial charge is 0.481 e. The first-order valence-corrected chi connectivity index (χ1v) is 11.3. The Labute approximate surface area is 221 Å². The standard InChI is InChI=1S/C16H19N5.C9H10O4.2ClH/c1-20-6-4-12(5-7-20)15-8-13-2-3-14(9-16(13)19-15)21-10-17-18-11-21;1-9(8(12)13)4-2-3-6(5-9)7(10)11;;/h2-3,8-12,19H,4-7H2,1H3;2-4H,5H2,1H3,(H,10,11)(H,12,13);2*1H. The predicted octanol–water partition coefficient (Wildman–Crippen LogP) is 4.45. The van der Waals surface area contributed by atoms with Crippen LogP contribution in [0.15, 0.2) is 60.7 Å². The van der Waals surface area contributed by atoms with Crippen molar-refractivity contribution in [3.8, 4) is 5.69 Å². The van der Waals surface area contributed by atoms with E-state index in [0.29, 0.717) is 5.92 Å². The van der Waals surface area contributed by atoms with Gasteiger partial charge in [-0.05, 0) is 69.9 Å². The lowest BCUT2D eigenvalue weighted by Gasteiger charge is -2.28. The van der Waals surface area contributed by atoms with Gasteiger partial charge in [-0.25, -0.2) is 4.79 Å². The number of hydrogen-bond acceptors (Lipinski definition) is 5. The van der Waals surface area contributed by atoms with E-state index in [4.69, 9.17) is 10.2 Å². The summed E-state index contributed by atoms with van der Waals surface area (Å²) in [4.78, 5) is 27.4. The molecule has 1 unspecified atom stereocenters. The number of nitrogens with one attached hydrogen (secondary N) is 1. The molecule has 1 fully saturated rings. The van der Waals surface area contributed by atoms with Gasteiger partial charge in [0.2, 0.25) is 0 Å². The molecule has 36 heavy (non-hydrogen) atoms. The molecule has 194 valence electrons. The number of hydrogen-bond donors (Lipinski definition) is 3. The minimum Gasteiger partial charge on any atom is -0.481 e. The maximum atomic E-state index is 10.8. The monoisotopic (exact) mass is 535 g/mol. The van der Waals surface area contributed by atoms with E-state index in [2.05, 4.69) is 51.4 Å². The third-order valence-electron chi connectivity index (χ3n) is 6.58. The molecule has 5 rings (SSSR count). The highest BCUT2D eigenvalue weighted by Gasteiger charge is 2.34. The number of aromatic amines is 1. The number of carboxylic acids is 2. The Balaban J connectivity index is 0.000000267. The van der Waals surface area contributed by atoms with Crippen LogP contribution in [0.25, 0.3) is 16.6 Å². The van der Waals surface area contributed by atoms with E-state index in [0.717, 1.165) is 5.69 Å². The third kappa shape index (κ3) is 6.54. The summed E-state index contributed by atoms with van der Waals surface area (Å²) >= 11 is 0. The molecule has 1 aromatic carbocycles. The number of benzene rings is 1. The van der Waals surface area contributed by atoms with Crippen molar-refractivity contribution in [3.05, 3.63) is 66.4 Å². The lowest BCUT2D eigenvalue weighted by molar-refractivity contribution is -0.145. The Hall–Kier alpha value is -3.14. The van der Waals surface area contributed by atoms with Crippen LogP contribution in [0.5, 0.6) is 0 Å². The molecule has 1 saturated heterocycles. The maximum absolute atomic E-state index is 10.8. The molecule has 1 atom stereocenters. The topological polar surface area (TPSA) is 124 Å². The highest BCUT2D eigenvalue weighted by Crippen LogP contribution is 2.32. The summed E-state index contributed by atoms with van der Waals surface area (Å²) in [5.74, 6) is -1.40. The fourth-order valence-corrected chi connectivity index (χ4v) is 4.36. The summed E-state index contributed by atoms with van der Waals surface area (Å²) in [5.41, 5.74) is 2.70. The van der Waals surface area contributed by atoms with Gasteiger partial charge in [0, 0.05) is 22.7 Å². The third-order valence-corrected chi connectivity index (χ3v) is 6.58. The Bertz CT molecular complexity index is 1250. The Morgan fingerprint density at radius 3 is 2.36 bits per heavy atom. The van der Waals surface area contributed by atoms with E-state index < -0.39 is 17.4 Å². The van der Waals surface area contributed by atoms with Gasteiger partial charge >= 0.3 is 11.9 Å². The fourth-order valence-electron chi connectivity index (χ4n) is 4.36. The van der Waals surface area contributed by atoms with Gasteiger partial charge in [-0.15, -0.1) is 35.0 Å². The minimum atomic E-state index is -1.08. The molecule has 0 saturated carbocycles. The number of aliphatic carboxylic acids is 2. The molecule has 3 aromatic rings. The number of carboxylic acid groups (broad SMARTS) is 2. The number of rotatable bonds is 4. The molecular weight excluding hydrogens is 505 g/mol. The molecular formula is C25H31Cl2N5O4. The van der Waals surface area contributed by atoms with Crippen LogP contribution >= 0.6 is 24.8 Å². The number of allylic oxidation sites excluding steroid dienone is 2. The first-order valence-electron chi connectivity index (χ1n) is 11.3. The predicted molar refractivity (Wildman–Crippen MR) is 142 cm³/mol. The maximum Gasteiger partial charge on any atom is 0.331 e. The summed E-state index contributed by atoms with van der Waals surface area (Å²) in [6.45, 7) is 3.87. The van der Waals surface area contributed by atoms with Crippen LogP contribution in [-0.2, 0) is 9.59 Å². The molecule has 3 N–H and O–H groups in total. The van der Waals surface area contributed by atoms with Crippen molar-refractivity contribution in [2.45, 2.75) is 32.1 Å². The van der Waals surface area contributed by atoms with E-state index in [-0.39, 0.29) is 36.8 Å². The van der Waals surface area contributed by atoms with E-state index in [9.17, 15) is 9.59 Å². The van der Waals surface area contributed by atoms with E-state index in [1.165, 1.54) is 67.7 Å². The molecule has 0 spiro atoms. The molecule has 1 aliphatic carbocycles. The SMILES string of the molecule is CC1(C(=O)O)C=CC=C(C(=O)O)C1.CN1CCC(c2cc3ccc(-n4cnnc4)cc3[nH]2)CC1.Cl.Cl. The highest BCUT2D eigenvalue weighted by atomic mass is 35.5. The highest BCUT2D eigenvalue weighted by molar-refractivity contribution is 5.90. The van der Waals surface area contributed by atoms with Crippen molar-refractivity contribution in [2.24, 2.45) is 5.41 Å². The first kappa shape index (κ1) is 29.1. The number of aromatic nitrogens is 4. The average molecular weight is 536 g/mol. The van der Waals surface area contributed by atoms with Crippen LogP contribution in [0.3, 0.4) is 0 Å². The second kappa shape index (κ2) is 12.2. The summed E-state index contributed by atoms with van der Waals surface area (Å²) < 4.78 is 1.93. The van der Waals surface area contributed by atoms with Crippen LogP contribution in [-0.4, -0.2) is 66.9 Å². The van der Waals surface area contributed by atoms with Gasteiger partial charge in [0.05, 0.1) is 11.1 Å². The van der Waals surface area contributed by atoms with E-state index in [1.807, 2.05) is 4.57 Å². The van der Waals surface area contributed by atoms with Gasteiger partial charge in [0.1, 0.15) is 12.7 Å². The van der Waals surface area contributed by atoms with Crippen molar-refractivity contribution in [2.75, 3.05) is 20.1 Å². The molecule has 9 nitrogen and oxygen atoms in total. The van der Waals surface area contributed by atoms with Crippen LogP contribution in [0.1, 0.15) is 37.8 Å². The molecule has 2 aromatic heterocycles. The van der Waals surface area contributed by atoms with Crippen molar-refractivity contribution < 1.29 is 19.8 Å². The Morgan fingerprint density at radius 1 is 1.08 bits per heavy atom. The Morgan fingerprint density at radius 2 is 1.75 bits per heavy atom. The van der Waals surface area contributed by atoms with Gasteiger partial charge in [-0.2, -0.15) is 0 Å². The minimum absolute atomic E-state index is 0. The zero-order chi connectivity index (χ0) is 24.3. The summed E-state index contributed by atoms with van der Waals surface area (Å²) in [5, 5.41) is 26.5. The molecule has 0 amide bonds. The second-order valence-electron chi connectivity index (χ2n) is 9.20. The first-order chi connectivity index (χ1) is 16.2. The smallest absolute Gasteiger partial charge is 0.331 e. The van der Waals surface area contributed by atoms with Crippen molar-refractivity contribution >= 4 is 47.7 Å². The average Bonchev–Trinajstić information content (AvgIpc) is 3.49. The normalized spacial score (nSPS) is 19.9. The molecule has 1 aliphatic heterocycles. The quantitative estimate of drug-likeness (QED) is 0.450. The summed E-state index contributed by atoms with van der Waals surface area (Å²) in [7, 11) is 2.20. The molecule has 0 bridgehead atoms. The fraction of sp³-hybridized carbons (Fsp3) is 0.360. The lowest BCUT2D eigenvalue weighted by Crippen LogP contribution is -2.29. The number of likely N-dealkylation sites (tertiary alicyclic amines) is 1. The van der Waals surface area contributed by atoms with Gasteiger partial charge in [0.15, 0.2) is 0 Å². The Kier molecular flexibility index (Phi) is 9.86. The van der Waals surface area contributed by atoms with Crippen LogP contribution in [0.2, 0.25) is 0 Å². The number of carbonyl (C=O) groups is 2. The molecule has 11 heteroatoms. The number of fused-ring (bicyclic) bond motifs is 1. The number of nitrogens with zero attached hydrogens (tertiary/aromatic N) is 4. The molecule has 2 aliphatic rings. The number of H-pyrrole nitrogens is 1. The van der Waals surface area contributed by atoms with Crippen molar-refractivity contribution in [1.29, 1.82) is 0 Å². The van der Waals surface area contributed by atoms with Crippen molar-refractivity contribution in [3.63, 3.8) is 0 Å². The van der Waals surface area contributed by atoms with Crippen molar-refractivity contribution in [1.82, 2.24) is 24.6 Å². The summed E-state index contributed by atoms with van der Waals surface area (Å²) in [6.07, 6.45) is 10.4. The zero-order valence-corrected chi connectivity index (χ0v) is 21.8. The zero-order valence-electron chi connectivity index (χ0n) is 20.1. The van der Waals surface area contributed by atoms with Gasteiger partial charge in [0.25, 0.3) is 0 Å². The van der Waals surface area contributed by atoms with Crippen LogP contribution < -0.4 is 0 Å². The van der Waals surface area contributed by atoms with Gasteiger partial charge in [-0.1, -0.05) is 24.3 Å². The number of halogens is 2. The van der Waals surface area contributed by atoms with Crippen LogP contribution in [0.4, 0.5) is 0 Å². The molecule has 3 heterocycles. The van der Waals surface area contributed by atoms with Crippen LogP contribution in [0, 0.1) is 5.41 Å². The van der Waals surface area contributed by atoms with E-state index >= 15 is 0 Å². The molecule has 0 radical (unpaired) electrons. The summed E-state index contributed by atoms with van der Waals surface area (Å²) in [6, 6.07) is 8.75.